The maximum atomic E-state index is 12.9. The van der Waals surface area contributed by atoms with Crippen LogP contribution in [0.5, 0.6) is 0 Å². The van der Waals surface area contributed by atoms with E-state index in [1.54, 1.807) is 0 Å². The van der Waals surface area contributed by atoms with Crippen LogP contribution < -0.4 is 5.32 Å². The molecule has 2 amide bonds. The summed E-state index contributed by atoms with van der Waals surface area (Å²) in [6.07, 6.45) is 3.91. The third kappa shape index (κ3) is 4.42. The number of benzene rings is 1. The summed E-state index contributed by atoms with van der Waals surface area (Å²) in [7, 11) is 0. The van der Waals surface area contributed by atoms with Crippen LogP contribution in [0.15, 0.2) is 30.3 Å². The van der Waals surface area contributed by atoms with E-state index in [1.807, 2.05) is 35.2 Å². The number of amides is 2. The topological polar surface area (TPSA) is 86.7 Å². The molecule has 1 aliphatic heterocycles. The van der Waals surface area contributed by atoms with Gasteiger partial charge in [-0.1, -0.05) is 30.3 Å². The molecule has 1 unspecified atom stereocenters. The standard InChI is InChI=1S/C20H26N2O4/c23-18(15-8-9-16(13-15)20(25)26)21-17(12-14-6-2-1-3-7-14)19(24)22-10-4-5-11-22/h1-3,6-7,15-17H,4-5,8-13H2,(H,21,23)(H,25,26)/t15-,16+,17?/m0/s1. The number of carboxylic acid groups (broad SMARTS) is 1. The highest BCUT2D eigenvalue weighted by molar-refractivity contribution is 5.89. The van der Waals surface area contributed by atoms with Gasteiger partial charge in [0.25, 0.3) is 0 Å². The van der Waals surface area contributed by atoms with Crippen LogP contribution >= 0.6 is 0 Å². The molecule has 6 nitrogen and oxygen atoms in total. The van der Waals surface area contributed by atoms with Gasteiger partial charge in [-0.2, -0.15) is 0 Å². The second kappa shape index (κ2) is 8.34. The molecule has 0 spiro atoms. The normalized spacial score (nSPS) is 23.6. The molecule has 1 aromatic carbocycles. The van der Waals surface area contributed by atoms with Crippen molar-refractivity contribution >= 4 is 17.8 Å². The largest absolute Gasteiger partial charge is 0.481 e. The quantitative estimate of drug-likeness (QED) is 0.812. The summed E-state index contributed by atoms with van der Waals surface area (Å²) >= 11 is 0. The number of hydrogen-bond donors (Lipinski definition) is 2. The zero-order valence-corrected chi connectivity index (χ0v) is 14.9. The van der Waals surface area contributed by atoms with Crippen LogP contribution in [0.25, 0.3) is 0 Å². The monoisotopic (exact) mass is 358 g/mol. The molecule has 0 bridgehead atoms. The highest BCUT2D eigenvalue weighted by atomic mass is 16.4. The second-order valence-electron chi connectivity index (χ2n) is 7.33. The van der Waals surface area contributed by atoms with E-state index in [4.69, 9.17) is 5.11 Å². The molecule has 0 aromatic heterocycles. The number of carbonyl (C=O) groups excluding carboxylic acids is 2. The Morgan fingerprint density at radius 2 is 1.73 bits per heavy atom. The lowest BCUT2D eigenvalue weighted by Gasteiger charge is -2.25. The molecule has 0 radical (unpaired) electrons. The molecule has 2 fully saturated rings. The van der Waals surface area contributed by atoms with Gasteiger partial charge >= 0.3 is 5.97 Å². The van der Waals surface area contributed by atoms with E-state index in [0.717, 1.165) is 31.5 Å². The van der Waals surface area contributed by atoms with E-state index < -0.39 is 17.9 Å². The molecule has 3 rings (SSSR count). The fraction of sp³-hybridized carbons (Fsp3) is 0.550. The molecule has 1 aromatic rings. The van der Waals surface area contributed by atoms with Gasteiger partial charge in [0.1, 0.15) is 6.04 Å². The molecule has 140 valence electrons. The van der Waals surface area contributed by atoms with Gasteiger partial charge in [-0.05, 0) is 37.7 Å². The molecule has 1 aliphatic carbocycles. The van der Waals surface area contributed by atoms with E-state index in [2.05, 4.69) is 5.32 Å². The minimum atomic E-state index is -0.839. The number of likely N-dealkylation sites (tertiary alicyclic amines) is 1. The molecule has 1 saturated carbocycles. The zero-order chi connectivity index (χ0) is 18.5. The third-order valence-electron chi connectivity index (χ3n) is 5.47. The summed E-state index contributed by atoms with van der Waals surface area (Å²) in [4.78, 5) is 38.5. The minimum absolute atomic E-state index is 0.0347. The minimum Gasteiger partial charge on any atom is -0.481 e. The fourth-order valence-electron chi connectivity index (χ4n) is 3.94. The van der Waals surface area contributed by atoms with E-state index in [-0.39, 0.29) is 17.7 Å². The van der Waals surface area contributed by atoms with Crippen molar-refractivity contribution in [3.63, 3.8) is 0 Å². The molecular weight excluding hydrogens is 332 g/mol. The Hall–Kier alpha value is -2.37. The number of rotatable bonds is 6. The van der Waals surface area contributed by atoms with Gasteiger partial charge in [0, 0.05) is 25.4 Å². The van der Waals surface area contributed by atoms with Crippen LogP contribution in [0.4, 0.5) is 0 Å². The predicted molar refractivity (Wildman–Crippen MR) is 96.4 cm³/mol. The molecule has 1 heterocycles. The van der Waals surface area contributed by atoms with Gasteiger partial charge in [0.05, 0.1) is 5.92 Å². The first-order chi connectivity index (χ1) is 12.5. The summed E-state index contributed by atoms with van der Waals surface area (Å²) in [6.45, 7) is 1.48. The number of carboxylic acids is 1. The summed E-state index contributed by atoms with van der Waals surface area (Å²) in [5, 5.41) is 12.0. The van der Waals surface area contributed by atoms with Crippen LogP contribution in [0.2, 0.25) is 0 Å². The van der Waals surface area contributed by atoms with Gasteiger partial charge in [-0.3, -0.25) is 14.4 Å². The van der Waals surface area contributed by atoms with Gasteiger partial charge < -0.3 is 15.3 Å². The SMILES string of the molecule is O=C(O)[C@@H]1CC[C@H](C(=O)NC(Cc2ccccc2)C(=O)N2CCCC2)C1. The van der Waals surface area contributed by atoms with Crippen LogP contribution in [-0.2, 0) is 20.8 Å². The maximum absolute atomic E-state index is 12.9. The summed E-state index contributed by atoms with van der Waals surface area (Å²) < 4.78 is 0. The van der Waals surface area contributed by atoms with Crippen molar-refractivity contribution < 1.29 is 19.5 Å². The van der Waals surface area contributed by atoms with Crippen molar-refractivity contribution in [3.05, 3.63) is 35.9 Å². The zero-order valence-electron chi connectivity index (χ0n) is 14.9. The Bertz CT molecular complexity index is 655. The molecule has 2 aliphatic rings. The van der Waals surface area contributed by atoms with Crippen molar-refractivity contribution in [2.24, 2.45) is 11.8 Å². The van der Waals surface area contributed by atoms with Crippen LogP contribution in [0.1, 0.15) is 37.7 Å². The average molecular weight is 358 g/mol. The molecule has 6 heteroatoms. The first-order valence-electron chi connectivity index (χ1n) is 9.40. The van der Waals surface area contributed by atoms with Crippen molar-refractivity contribution in [1.82, 2.24) is 10.2 Å². The Morgan fingerprint density at radius 1 is 1.08 bits per heavy atom. The smallest absolute Gasteiger partial charge is 0.306 e. The van der Waals surface area contributed by atoms with Crippen LogP contribution in [-0.4, -0.2) is 46.9 Å². The lowest BCUT2D eigenvalue weighted by molar-refractivity contribution is -0.141. The second-order valence-corrected chi connectivity index (χ2v) is 7.33. The van der Waals surface area contributed by atoms with Crippen molar-refractivity contribution in [1.29, 1.82) is 0 Å². The number of nitrogens with one attached hydrogen (secondary N) is 1. The highest BCUT2D eigenvalue weighted by Crippen LogP contribution is 2.31. The Kier molecular flexibility index (Phi) is 5.91. The van der Waals surface area contributed by atoms with E-state index >= 15 is 0 Å². The first kappa shape index (κ1) is 18.4. The molecular formula is C20H26N2O4. The van der Waals surface area contributed by atoms with Crippen molar-refractivity contribution in [3.8, 4) is 0 Å². The Labute approximate surface area is 153 Å². The number of hydrogen-bond acceptors (Lipinski definition) is 3. The van der Waals surface area contributed by atoms with E-state index in [0.29, 0.717) is 25.7 Å². The molecule has 26 heavy (non-hydrogen) atoms. The molecule has 2 N–H and O–H groups in total. The van der Waals surface area contributed by atoms with Crippen LogP contribution in [0.3, 0.4) is 0 Å². The van der Waals surface area contributed by atoms with Crippen molar-refractivity contribution in [2.75, 3.05) is 13.1 Å². The average Bonchev–Trinajstić information content (AvgIpc) is 3.33. The highest BCUT2D eigenvalue weighted by Gasteiger charge is 2.36. The third-order valence-corrected chi connectivity index (χ3v) is 5.47. The van der Waals surface area contributed by atoms with Gasteiger partial charge in [0.2, 0.25) is 11.8 Å². The lowest BCUT2D eigenvalue weighted by atomic mass is 10.0. The van der Waals surface area contributed by atoms with Gasteiger partial charge in [-0.15, -0.1) is 0 Å². The summed E-state index contributed by atoms with van der Waals surface area (Å²) in [5.74, 6) is -1.84. The van der Waals surface area contributed by atoms with E-state index in [9.17, 15) is 14.4 Å². The Morgan fingerprint density at radius 3 is 2.35 bits per heavy atom. The summed E-state index contributed by atoms with van der Waals surface area (Å²) in [6, 6.07) is 9.07. The van der Waals surface area contributed by atoms with Crippen molar-refractivity contribution in [2.45, 2.75) is 44.6 Å². The summed E-state index contributed by atoms with van der Waals surface area (Å²) in [5.41, 5.74) is 1.00. The number of aliphatic carboxylic acids is 1. The Balaban J connectivity index is 1.67. The molecule has 1 saturated heterocycles. The maximum Gasteiger partial charge on any atom is 0.306 e. The van der Waals surface area contributed by atoms with Gasteiger partial charge in [-0.25, -0.2) is 0 Å². The first-order valence-corrected chi connectivity index (χ1v) is 9.40. The number of carbonyl (C=O) groups is 3. The molecule has 3 atom stereocenters. The van der Waals surface area contributed by atoms with Gasteiger partial charge in [0.15, 0.2) is 0 Å². The fourth-order valence-corrected chi connectivity index (χ4v) is 3.94. The number of nitrogens with zero attached hydrogens (tertiary/aromatic N) is 1. The van der Waals surface area contributed by atoms with E-state index in [1.165, 1.54) is 0 Å². The lowest BCUT2D eigenvalue weighted by Crippen LogP contribution is -2.50. The predicted octanol–water partition coefficient (Wildman–Crippen LogP) is 1.84. The van der Waals surface area contributed by atoms with Crippen LogP contribution in [0, 0.1) is 11.8 Å².